The molecule has 33 heavy (non-hydrogen) atoms. The average Bonchev–Trinajstić information content (AvgIpc) is 3.32. The number of thiophene rings is 1. The minimum absolute atomic E-state index is 0.0148. The van der Waals surface area contributed by atoms with Gasteiger partial charge in [-0.3, -0.25) is 14.4 Å². The van der Waals surface area contributed by atoms with Gasteiger partial charge in [0.25, 0.3) is 17.4 Å². The third-order valence-electron chi connectivity index (χ3n) is 6.19. The van der Waals surface area contributed by atoms with Gasteiger partial charge < -0.3 is 14.8 Å². The molecular formula is C25H22BrN3O3S. The first-order valence-electron chi connectivity index (χ1n) is 10.8. The van der Waals surface area contributed by atoms with E-state index in [1.165, 1.54) is 11.3 Å². The molecule has 1 aromatic carbocycles. The summed E-state index contributed by atoms with van der Waals surface area (Å²) in [5.41, 5.74) is 1.72. The highest BCUT2D eigenvalue weighted by Gasteiger charge is 2.37. The molecule has 1 fully saturated rings. The lowest BCUT2D eigenvalue weighted by Crippen LogP contribution is -2.50. The number of pyridine rings is 1. The van der Waals surface area contributed by atoms with Crippen molar-refractivity contribution in [3.05, 3.63) is 96.6 Å². The van der Waals surface area contributed by atoms with Crippen LogP contribution in [0.5, 0.6) is 0 Å². The maximum atomic E-state index is 13.7. The molecule has 0 unspecified atom stereocenters. The largest absolute Gasteiger partial charge is 0.336 e. The number of rotatable bonds is 4. The van der Waals surface area contributed by atoms with E-state index >= 15 is 0 Å². The Labute approximate surface area is 203 Å². The molecule has 0 aliphatic carbocycles. The fourth-order valence-corrected chi connectivity index (χ4v) is 5.86. The van der Waals surface area contributed by atoms with E-state index in [1.54, 1.807) is 36.4 Å². The summed E-state index contributed by atoms with van der Waals surface area (Å²) in [4.78, 5) is 41.7. The molecule has 0 spiro atoms. The Morgan fingerprint density at radius 1 is 1.03 bits per heavy atom. The Morgan fingerprint density at radius 3 is 2.67 bits per heavy atom. The second-order valence-electron chi connectivity index (χ2n) is 8.42. The van der Waals surface area contributed by atoms with E-state index in [4.69, 9.17) is 0 Å². The number of nitrogens with zero attached hydrogens (tertiary/aromatic N) is 2. The highest BCUT2D eigenvalue weighted by Crippen LogP contribution is 2.35. The number of benzene rings is 1. The third kappa shape index (κ3) is 4.45. The Bertz CT molecular complexity index is 1300. The second-order valence-corrected chi connectivity index (χ2v) is 10.2. The van der Waals surface area contributed by atoms with E-state index in [0.717, 1.165) is 17.0 Å². The molecule has 2 aromatic heterocycles. The first-order chi connectivity index (χ1) is 16.0. The van der Waals surface area contributed by atoms with Crippen molar-refractivity contribution in [1.82, 2.24) is 14.8 Å². The molecule has 2 aliphatic heterocycles. The van der Waals surface area contributed by atoms with Crippen LogP contribution >= 0.6 is 27.3 Å². The van der Waals surface area contributed by atoms with Crippen molar-refractivity contribution in [2.45, 2.75) is 18.9 Å². The predicted octanol–water partition coefficient (Wildman–Crippen LogP) is 4.09. The number of fused-ring (bicyclic) bond motifs is 4. The minimum atomic E-state index is -0.340. The lowest BCUT2D eigenvalue weighted by Gasteiger charge is -2.43. The normalized spacial score (nSPS) is 19.7. The fourth-order valence-electron chi connectivity index (χ4n) is 4.73. The quantitative estimate of drug-likeness (QED) is 0.523. The van der Waals surface area contributed by atoms with Crippen molar-refractivity contribution >= 4 is 45.2 Å². The molecule has 8 heteroatoms. The van der Waals surface area contributed by atoms with Crippen LogP contribution in [0.2, 0.25) is 0 Å². The van der Waals surface area contributed by atoms with E-state index in [0.29, 0.717) is 29.7 Å². The van der Waals surface area contributed by atoms with Crippen LogP contribution in [-0.2, 0) is 11.3 Å². The van der Waals surface area contributed by atoms with Gasteiger partial charge in [-0.1, -0.05) is 24.3 Å². The van der Waals surface area contributed by atoms with Crippen LogP contribution < -0.4 is 10.9 Å². The van der Waals surface area contributed by atoms with E-state index in [9.17, 15) is 14.4 Å². The summed E-state index contributed by atoms with van der Waals surface area (Å²) < 4.78 is 2.51. The summed E-state index contributed by atoms with van der Waals surface area (Å²) in [7, 11) is 0. The van der Waals surface area contributed by atoms with E-state index < -0.39 is 0 Å². The summed E-state index contributed by atoms with van der Waals surface area (Å²) in [6, 6.07) is 16.3. The smallest absolute Gasteiger partial charge is 0.270 e. The molecule has 0 radical (unpaired) electrons. The van der Waals surface area contributed by atoms with Gasteiger partial charge >= 0.3 is 0 Å². The van der Waals surface area contributed by atoms with Crippen molar-refractivity contribution in [1.29, 1.82) is 0 Å². The van der Waals surface area contributed by atoms with E-state index in [2.05, 4.69) is 21.2 Å². The Kier molecular flexibility index (Phi) is 6.03. The first kappa shape index (κ1) is 21.9. The van der Waals surface area contributed by atoms with Crippen LogP contribution in [-0.4, -0.2) is 34.4 Å². The number of carbonyl (C=O) groups excluding carboxylic acids is 2. The molecule has 168 valence electrons. The van der Waals surface area contributed by atoms with Gasteiger partial charge in [0.1, 0.15) is 5.70 Å². The molecule has 6 nitrogen and oxygen atoms in total. The molecule has 2 aliphatic rings. The maximum absolute atomic E-state index is 13.7. The lowest BCUT2D eigenvalue weighted by atomic mass is 9.83. The number of likely N-dealkylation sites (tertiary alicyclic amines) is 1. The van der Waals surface area contributed by atoms with Crippen LogP contribution in [0.3, 0.4) is 0 Å². The monoisotopic (exact) mass is 523 g/mol. The van der Waals surface area contributed by atoms with Crippen molar-refractivity contribution in [2.75, 3.05) is 13.1 Å². The van der Waals surface area contributed by atoms with Crippen LogP contribution in [0.15, 0.2) is 74.9 Å². The fraction of sp³-hybridized carbons (Fsp3) is 0.240. The summed E-state index contributed by atoms with van der Waals surface area (Å²) in [5.74, 6) is -0.225. The van der Waals surface area contributed by atoms with Gasteiger partial charge in [0.15, 0.2) is 0 Å². The van der Waals surface area contributed by atoms with Crippen LogP contribution in [0, 0.1) is 5.92 Å². The standard InChI is InChI=1S/C25H22BrN3O3S/c26-20-7-2-1-6-19(20)24(31)27-21(12-18-5-4-10-33-18)25(32)28-13-16-11-17(15-28)22-8-3-9-23(30)29(22)14-16/h1-10,12,16-17H,11,13-15H2,(H,27,31)/b21-12-/t16-,17-/m1/s1. The molecule has 3 aromatic rings. The van der Waals surface area contributed by atoms with Crippen molar-refractivity contribution in [3.8, 4) is 0 Å². The van der Waals surface area contributed by atoms with Gasteiger partial charge in [0.05, 0.1) is 5.56 Å². The molecule has 5 rings (SSSR count). The number of nitrogens with one attached hydrogen (secondary N) is 1. The minimum Gasteiger partial charge on any atom is -0.336 e. The molecule has 1 saturated heterocycles. The van der Waals surface area contributed by atoms with E-state index in [-0.39, 0.29) is 34.9 Å². The van der Waals surface area contributed by atoms with Gasteiger partial charge in [-0.05, 0) is 64.0 Å². The SMILES string of the molecule is O=C(N/C(=C\c1cccs1)C(=O)N1C[C@H]2C[C@H](C1)c1cccc(=O)n1C2)c1ccccc1Br. The molecule has 1 N–H and O–H groups in total. The molecular weight excluding hydrogens is 502 g/mol. The summed E-state index contributed by atoms with van der Waals surface area (Å²) in [6.07, 6.45) is 2.70. The number of aromatic nitrogens is 1. The summed E-state index contributed by atoms with van der Waals surface area (Å²) in [5, 5.41) is 4.79. The van der Waals surface area contributed by atoms with E-state index in [1.807, 2.05) is 39.1 Å². The topological polar surface area (TPSA) is 71.4 Å². The van der Waals surface area contributed by atoms with Gasteiger partial charge in [-0.15, -0.1) is 11.3 Å². The van der Waals surface area contributed by atoms with Crippen molar-refractivity contribution < 1.29 is 9.59 Å². The number of amides is 2. The lowest BCUT2D eigenvalue weighted by molar-refractivity contribution is -0.130. The molecule has 2 bridgehead atoms. The van der Waals surface area contributed by atoms with Gasteiger partial charge in [-0.25, -0.2) is 0 Å². The van der Waals surface area contributed by atoms with Crippen LogP contribution in [0.1, 0.15) is 33.3 Å². The molecule has 2 amide bonds. The number of hydrogen-bond acceptors (Lipinski definition) is 4. The zero-order valence-electron chi connectivity index (χ0n) is 17.7. The van der Waals surface area contributed by atoms with Gasteiger partial charge in [0.2, 0.25) is 0 Å². The zero-order valence-corrected chi connectivity index (χ0v) is 20.1. The number of carbonyl (C=O) groups is 2. The molecule has 4 heterocycles. The Morgan fingerprint density at radius 2 is 1.88 bits per heavy atom. The predicted molar refractivity (Wildman–Crippen MR) is 132 cm³/mol. The number of piperidine rings is 1. The van der Waals surface area contributed by atoms with Crippen molar-refractivity contribution in [2.24, 2.45) is 5.92 Å². The molecule has 2 atom stereocenters. The Balaban J connectivity index is 1.43. The molecule has 0 saturated carbocycles. The highest BCUT2D eigenvalue weighted by atomic mass is 79.9. The van der Waals surface area contributed by atoms with Crippen molar-refractivity contribution in [3.63, 3.8) is 0 Å². The van der Waals surface area contributed by atoms with Crippen LogP contribution in [0.25, 0.3) is 6.08 Å². The maximum Gasteiger partial charge on any atom is 0.270 e. The van der Waals surface area contributed by atoms with Crippen LogP contribution in [0.4, 0.5) is 0 Å². The number of hydrogen-bond donors (Lipinski definition) is 1. The van der Waals surface area contributed by atoms with Gasteiger partial charge in [0, 0.05) is 46.7 Å². The first-order valence-corrected chi connectivity index (χ1v) is 12.5. The summed E-state index contributed by atoms with van der Waals surface area (Å²) >= 11 is 4.92. The third-order valence-corrected chi connectivity index (χ3v) is 7.70. The highest BCUT2D eigenvalue weighted by molar-refractivity contribution is 9.10. The number of halogens is 1. The Hall–Kier alpha value is -2.97. The second kappa shape index (κ2) is 9.11. The average molecular weight is 524 g/mol. The zero-order chi connectivity index (χ0) is 22.9. The van der Waals surface area contributed by atoms with Gasteiger partial charge in [-0.2, -0.15) is 0 Å². The summed E-state index contributed by atoms with van der Waals surface area (Å²) in [6.45, 7) is 1.69.